The van der Waals surface area contributed by atoms with Gasteiger partial charge in [0.2, 0.25) is 0 Å². The first-order chi connectivity index (χ1) is 9.95. The Kier molecular flexibility index (Phi) is 4.53. The van der Waals surface area contributed by atoms with Gasteiger partial charge in [-0.2, -0.15) is 0 Å². The first kappa shape index (κ1) is 15.0. The van der Waals surface area contributed by atoms with Gasteiger partial charge < -0.3 is 5.32 Å². The zero-order valence-electron chi connectivity index (χ0n) is 12.4. The minimum atomic E-state index is -0.238. The number of allylic oxidation sites excluding steroid dienone is 2. The SMILES string of the molecule is CC(=CC(=O)c1ccc(C)cc1)Nc1ccc(F)c(C)c1. The number of aryl methyl sites for hydroxylation is 2. The minimum absolute atomic E-state index is 0.0566. The van der Waals surface area contributed by atoms with Crippen molar-refractivity contribution in [2.75, 3.05) is 5.32 Å². The van der Waals surface area contributed by atoms with Crippen molar-refractivity contribution in [2.45, 2.75) is 20.8 Å². The van der Waals surface area contributed by atoms with E-state index >= 15 is 0 Å². The predicted molar refractivity (Wildman–Crippen MR) is 84.0 cm³/mol. The Balaban J connectivity index is 2.11. The number of rotatable bonds is 4. The second kappa shape index (κ2) is 6.35. The Morgan fingerprint density at radius 3 is 2.38 bits per heavy atom. The van der Waals surface area contributed by atoms with Gasteiger partial charge in [0.25, 0.3) is 0 Å². The molecule has 0 unspecified atom stereocenters. The number of benzene rings is 2. The third-order valence-corrected chi connectivity index (χ3v) is 3.18. The number of nitrogens with one attached hydrogen (secondary N) is 1. The van der Waals surface area contributed by atoms with E-state index in [-0.39, 0.29) is 11.6 Å². The molecular formula is C18H18FNO. The van der Waals surface area contributed by atoms with Crippen LogP contribution in [0, 0.1) is 19.7 Å². The van der Waals surface area contributed by atoms with Gasteiger partial charge in [0.15, 0.2) is 5.78 Å². The maximum absolute atomic E-state index is 13.2. The number of hydrogen-bond acceptors (Lipinski definition) is 2. The zero-order chi connectivity index (χ0) is 15.4. The van der Waals surface area contributed by atoms with Gasteiger partial charge >= 0.3 is 0 Å². The molecule has 2 rings (SSSR count). The van der Waals surface area contributed by atoms with Crippen molar-refractivity contribution in [3.63, 3.8) is 0 Å². The molecule has 0 atom stereocenters. The van der Waals surface area contributed by atoms with Crippen molar-refractivity contribution < 1.29 is 9.18 Å². The van der Waals surface area contributed by atoms with E-state index in [0.717, 1.165) is 11.3 Å². The lowest BCUT2D eigenvalue weighted by Gasteiger charge is -2.08. The number of hydrogen-bond donors (Lipinski definition) is 1. The highest BCUT2D eigenvalue weighted by Crippen LogP contribution is 2.16. The molecule has 0 radical (unpaired) electrons. The Morgan fingerprint density at radius 1 is 1.10 bits per heavy atom. The number of anilines is 1. The molecule has 2 aromatic rings. The van der Waals surface area contributed by atoms with E-state index in [0.29, 0.717) is 16.8 Å². The summed E-state index contributed by atoms with van der Waals surface area (Å²) >= 11 is 0. The van der Waals surface area contributed by atoms with Crippen LogP contribution in [0.4, 0.5) is 10.1 Å². The maximum atomic E-state index is 13.2. The Bertz CT molecular complexity index is 687. The highest BCUT2D eigenvalue weighted by molar-refractivity contribution is 6.05. The van der Waals surface area contributed by atoms with Gasteiger partial charge in [-0.25, -0.2) is 4.39 Å². The highest BCUT2D eigenvalue weighted by Gasteiger charge is 2.04. The fraction of sp³-hybridized carbons (Fsp3) is 0.167. The van der Waals surface area contributed by atoms with E-state index in [2.05, 4.69) is 5.32 Å². The lowest BCUT2D eigenvalue weighted by atomic mass is 10.1. The minimum Gasteiger partial charge on any atom is -0.359 e. The number of carbonyl (C=O) groups is 1. The summed E-state index contributed by atoms with van der Waals surface area (Å²) < 4.78 is 13.2. The monoisotopic (exact) mass is 283 g/mol. The van der Waals surface area contributed by atoms with Crippen molar-refractivity contribution in [3.05, 3.63) is 76.7 Å². The first-order valence-corrected chi connectivity index (χ1v) is 6.78. The summed E-state index contributed by atoms with van der Waals surface area (Å²) in [5.74, 6) is -0.295. The molecule has 0 saturated carbocycles. The fourth-order valence-electron chi connectivity index (χ4n) is 1.98. The van der Waals surface area contributed by atoms with Gasteiger partial charge in [-0.15, -0.1) is 0 Å². The summed E-state index contributed by atoms with van der Waals surface area (Å²) in [5, 5.41) is 3.10. The Hall–Kier alpha value is -2.42. The molecule has 21 heavy (non-hydrogen) atoms. The summed E-state index contributed by atoms with van der Waals surface area (Å²) in [6.07, 6.45) is 1.54. The van der Waals surface area contributed by atoms with Crippen molar-refractivity contribution in [3.8, 4) is 0 Å². The molecule has 0 aliphatic heterocycles. The van der Waals surface area contributed by atoms with Crippen LogP contribution in [0.3, 0.4) is 0 Å². The third kappa shape index (κ3) is 4.02. The summed E-state index contributed by atoms with van der Waals surface area (Å²) in [5.41, 5.74) is 3.81. The molecule has 1 N–H and O–H groups in total. The van der Waals surface area contributed by atoms with E-state index in [1.165, 1.54) is 6.07 Å². The van der Waals surface area contributed by atoms with Crippen LogP contribution in [0.5, 0.6) is 0 Å². The number of ketones is 1. The van der Waals surface area contributed by atoms with Crippen LogP contribution >= 0.6 is 0 Å². The van der Waals surface area contributed by atoms with E-state index < -0.39 is 0 Å². The van der Waals surface area contributed by atoms with Crippen LogP contribution in [-0.2, 0) is 0 Å². The molecule has 0 heterocycles. The molecule has 0 spiro atoms. The average molecular weight is 283 g/mol. The van der Waals surface area contributed by atoms with Crippen molar-refractivity contribution >= 4 is 11.5 Å². The largest absolute Gasteiger partial charge is 0.359 e. The maximum Gasteiger partial charge on any atom is 0.187 e. The van der Waals surface area contributed by atoms with Crippen molar-refractivity contribution in [1.29, 1.82) is 0 Å². The van der Waals surface area contributed by atoms with Crippen LogP contribution in [0.25, 0.3) is 0 Å². The van der Waals surface area contributed by atoms with Crippen LogP contribution < -0.4 is 5.32 Å². The average Bonchev–Trinajstić information content (AvgIpc) is 2.43. The number of halogens is 1. The van der Waals surface area contributed by atoms with Crippen LogP contribution in [0.1, 0.15) is 28.4 Å². The van der Waals surface area contributed by atoms with Gasteiger partial charge in [0.05, 0.1) is 0 Å². The lowest BCUT2D eigenvalue weighted by molar-refractivity contribution is 0.104. The molecule has 108 valence electrons. The second-order valence-corrected chi connectivity index (χ2v) is 5.15. The molecule has 0 fully saturated rings. The summed E-state index contributed by atoms with van der Waals surface area (Å²) in [6.45, 7) is 5.50. The zero-order valence-corrected chi connectivity index (χ0v) is 12.4. The van der Waals surface area contributed by atoms with Gasteiger partial charge in [0, 0.05) is 23.0 Å². The quantitative estimate of drug-likeness (QED) is 0.654. The lowest BCUT2D eigenvalue weighted by Crippen LogP contribution is -2.02. The fourth-order valence-corrected chi connectivity index (χ4v) is 1.98. The van der Waals surface area contributed by atoms with Gasteiger partial charge in [-0.3, -0.25) is 4.79 Å². The Morgan fingerprint density at radius 2 is 1.76 bits per heavy atom. The molecular weight excluding hydrogens is 265 g/mol. The van der Waals surface area contributed by atoms with Crippen LogP contribution in [-0.4, -0.2) is 5.78 Å². The second-order valence-electron chi connectivity index (χ2n) is 5.15. The molecule has 2 nitrogen and oxygen atoms in total. The molecule has 2 aromatic carbocycles. The van der Waals surface area contributed by atoms with Crippen LogP contribution in [0.15, 0.2) is 54.2 Å². The molecule has 0 aromatic heterocycles. The first-order valence-electron chi connectivity index (χ1n) is 6.78. The van der Waals surface area contributed by atoms with E-state index in [1.807, 2.05) is 38.1 Å². The van der Waals surface area contributed by atoms with E-state index in [9.17, 15) is 9.18 Å². The van der Waals surface area contributed by atoms with E-state index in [4.69, 9.17) is 0 Å². The van der Waals surface area contributed by atoms with Crippen molar-refractivity contribution in [1.82, 2.24) is 0 Å². The molecule has 0 bridgehead atoms. The standard InChI is InChI=1S/C18H18FNO/c1-12-4-6-15(7-5-12)18(21)11-14(3)20-16-8-9-17(19)13(2)10-16/h4-11,20H,1-3H3. The molecule has 3 heteroatoms. The summed E-state index contributed by atoms with van der Waals surface area (Å²) in [6, 6.07) is 12.2. The van der Waals surface area contributed by atoms with Gasteiger partial charge in [0.1, 0.15) is 5.82 Å². The molecule has 0 saturated heterocycles. The number of carbonyl (C=O) groups excluding carboxylic acids is 1. The smallest absolute Gasteiger partial charge is 0.187 e. The normalized spacial score (nSPS) is 11.3. The van der Waals surface area contributed by atoms with Gasteiger partial charge in [-0.1, -0.05) is 29.8 Å². The highest BCUT2D eigenvalue weighted by atomic mass is 19.1. The predicted octanol–water partition coefficient (Wildman–Crippen LogP) is 4.64. The van der Waals surface area contributed by atoms with Crippen LogP contribution in [0.2, 0.25) is 0 Å². The molecule has 0 amide bonds. The molecule has 0 aliphatic carbocycles. The third-order valence-electron chi connectivity index (χ3n) is 3.18. The van der Waals surface area contributed by atoms with E-state index in [1.54, 1.807) is 25.1 Å². The van der Waals surface area contributed by atoms with Crippen molar-refractivity contribution in [2.24, 2.45) is 0 Å². The van der Waals surface area contributed by atoms with Gasteiger partial charge in [-0.05, 0) is 44.5 Å². The summed E-state index contributed by atoms with van der Waals surface area (Å²) in [4.78, 5) is 12.1. The summed E-state index contributed by atoms with van der Waals surface area (Å²) in [7, 11) is 0. The Labute approximate surface area is 124 Å². The molecule has 0 aliphatic rings. The topological polar surface area (TPSA) is 29.1 Å².